The second-order valence-corrected chi connectivity index (χ2v) is 6.70. The van der Waals surface area contributed by atoms with Crippen LogP contribution in [0.2, 0.25) is 0 Å². The molecule has 2 heterocycles. The van der Waals surface area contributed by atoms with Crippen molar-refractivity contribution in [2.45, 2.75) is 25.8 Å². The Balaban J connectivity index is 1.65. The van der Waals surface area contributed by atoms with Crippen LogP contribution in [0.3, 0.4) is 0 Å². The van der Waals surface area contributed by atoms with Crippen molar-refractivity contribution in [3.8, 4) is 0 Å². The Morgan fingerprint density at radius 1 is 1.39 bits per heavy atom. The monoisotopic (exact) mass is 262 g/mol. The number of nitrogen functional groups attached to an aromatic ring is 1. The highest BCUT2D eigenvalue weighted by Crippen LogP contribution is 2.28. The first-order valence-corrected chi connectivity index (χ1v) is 8.15. The molecule has 0 radical (unpaired) electrons. The van der Waals surface area contributed by atoms with Crippen molar-refractivity contribution in [2.24, 2.45) is 5.92 Å². The van der Waals surface area contributed by atoms with Crippen molar-refractivity contribution in [3.63, 3.8) is 0 Å². The lowest BCUT2D eigenvalue weighted by molar-refractivity contribution is 0.216. The molecule has 1 atom stereocenters. The highest BCUT2D eigenvalue weighted by atomic mass is 32.2. The Hall–Kier alpha value is -0.670. The van der Waals surface area contributed by atoms with Crippen LogP contribution >= 0.6 is 11.8 Å². The minimum Gasteiger partial charge on any atom is -0.398 e. The molecular formula is C15H22N2S. The van der Waals surface area contributed by atoms with Gasteiger partial charge in [-0.05, 0) is 53.9 Å². The van der Waals surface area contributed by atoms with Gasteiger partial charge in [0.15, 0.2) is 0 Å². The summed E-state index contributed by atoms with van der Waals surface area (Å²) in [7, 11) is 0. The molecule has 0 spiro atoms. The lowest BCUT2D eigenvalue weighted by Crippen LogP contribution is -2.36. The maximum atomic E-state index is 6.11. The molecule has 0 aliphatic carbocycles. The van der Waals surface area contributed by atoms with E-state index in [2.05, 4.69) is 28.8 Å². The van der Waals surface area contributed by atoms with E-state index in [0.717, 1.165) is 18.2 Å². The van der Waals surface area contributed by atoms with E-state index in [1.165, 1.54) is 55.0 Å². The van der Waals surface area contributed by atoms with E-state index in [-0.39, 0.29) is 0 Å². The first-order chi connectivity index (χ1) is 8.83. The molecule has 0 bridgehead atoms. The molecule has 2 aliphatic heterocycles. The number of thioether (sulfide) groups is 1. The van der Waals surface area contributed by atoms with Crippen molar-refractivity contribution in [1.29, 1.82) is 0 Å². The standard InChI is InChI=1S/C15H22N2S/c16-15-5-1-4-13-6-7-17(10-14(13)15)9-12-3-2-8-18-11-12/h1,4-5,12H,2-3,6-11,16H2. The molecule has 1 unspecified atom stereocenters. The maximum absolute atomic E-state index is 6.11. The van der Waals surface area contributed by atoms with Gasteiger partial charge in [-0.1, -0.05) is 12.1 Å². The molecule has 1 fully saturated rings. The predicted octanol–water partition coefficient (Wildman–Crippen LogP) is 2.77. The van der Waals surface area contributed by atoms with Crippen molar-refractivity contribution >= 4 is 17.4 Å². The van der Waals surface area contributed by atoms with Crippen molar-refractivity contribution < 1.29 is 0 Å². The molecule has 2 nitrogen and oxygen atoms in total. The van der Waals surface area contributed by atoms with E-state index >= 15 is 0 Å². The molecule has 2 aliphatic rings. The molecule has 3 heteroatoms. The Kier molecular flexibility index (Phi) is 3.80. The summed E-state index contributed by atoms with van der Waals surface area (Å²) in [4.78, 5) is 2.61. The van der Waals surface area contributed by atoms with Gasteiger partial charge >= 0.3 is 0 Å². The van der Waals surface area contributed by atoms with E-state index in [4.69, 9.17) is 5.73 Å². The zero-order valence-corrected chi connectivity index (χ0v) is 11.7. The number of benzene rings is 1. The van der Waals surface area contributed by atoms with Crippen molar-refractivity contribution in [3.05, 3.63) is 29.3 Å². The zero-order valence-electron chi connectivity index (χ0n) is 10.9. The van der Waals surface area contributed by atoms with Crippen molar-refractivity contribution in [1.82, 2.24) is 4.90 Å². The smallest absolute Gasteiger partial charge is 0.0362 e. The number of nitrogens with zero attached hydrogens (tertiary/aromatic N) is 1. The predicted molar refractivity (Wildman–Crippen MR) is 79.9 cm³/mol. The summed E-state index contributed by atoms with van der Waals surface area (Å²) in [5.41, 5.74) is 9.93. The van der Waals surface area contributed by atoms with Gasteiger partial charge in [0.2, 0.25) is 0 Å². The number of hydrogen-bond donors (Lipinski definition) is 1. The molecule has 18 heavy (non-hydrogen) atoms. The van der Waals surface area contributed by atoms with Crippen molar-refractivity contribution in [2.75, 3.05) is 30.3 Å². The molecule has 1 aromatic carbocycles. The normalized spacial score (nSPS) is 24.8. The van der Waals surface area contributed by atoms with Gasteiger partial charge in [0.1, 0.15) is 0 Å². The average Bonchev–Trinajstić information content (AvgIpc) is 2.41. The number of fused-ring (bicyclic) bond motifs is 1. The Morgan fingerprint density at radius 3 is 3.17 bits per heavy atom. The molecule has 0 amide bonds. The second kappa shape index (κ2) is 5.54. The second-order valence-electron chi connectivity index (χ2n) is 5.55. The van der Waals surface area contributed by atoms with E-state index in [9.17, 15) is 0 Å². The average molecular weight is 262 g/mol. The third-order valence-corrected chi connectivity index (χ3v) is 5.44. The SMILES string of the molecule is Nc1cccc2c1CN(CC1CCCSC1)CC2. The molecule has 1 aromatic rings. The van der Waals surface area contributed by atoms with E-state index < -0.39 is 0 Å². The summed E-state index contributed by atoms with van der Waals surface area (Å²) in [5.74, 6) is 3.62. The fraction of sp³-hybridized carbons (Fsp3) is 0.600. The molecule has 2 N–H and O–H groups in total. The molecule has 0 aromatic heterocycles. The number of hydrogen-bond acceptors (Lipinski definition) is 3. The number of nitrogens with two attached hydrogens (primary N) is 1. The molecule has 3 rings (SSSR count). The highest BCUT2D eigenvalue weighted by molar-refractivity contribution is 7.99. The molecule has 1 saturated heterocycles. The lowest BCUT2D eigenvalue weighted by atomic mass is 9.96. The Morgan fingerprint density at radius 2 is 2.33 bits per heavy atom. The van der Waals surface area contributed by atoms with Gasteiger partial charge in [-0.2, -0.15) is 11.8 Å². The van der Waals surface area contributed by atoms with Crippen LogP contribution in [0.5, 0.6) is 0 Å². The fourth-order valence-corrected chi connectivity index (χ4v) is 4.28. The third-order valence-electron chi connectivity index (χ3n) is 4.16. The van der Waals surface area contributed by atoms with E-state index in [0.29, 0.717) is 0 Å². The van der Waals surface area contributed by atoms with Gasteiger partial charge in [0, 0.05) is 25.3 Å². The minimum atomic E-state index is 0.898. The Bertz CT molecular complexity index is 413. The highest BCUT2D eigenvalue weighted by Gasteiger charge is 2.22. The number of anilines is 1. The first-order valence-electron chi connectivity index (χ1n) is 6.99. The summed E-state index contributed by atoms with van der Waals surface area (Å²) in [5, 5.41) is 0. The van der Waals surface area contributed by atoms with Gasteiger partial charge in [0.05, 0.1) is 0 Å². The zero-order chi connectivity index (χ0) is 12.4. The van der Waals surface area contributed by atoms with Crippen LogP contribution in [0.1, 0.15) is 24.0 Å². The van der Waals surface area contributed by atoms with Gasteiger partial charge in [0.25, 0.3) is 0 Å². The minimum absolute atomic E-state index is 0.898. The number of rotatable bonds is 2. The molecule has 0 saturated carbocycles. The topological polar surface area (TPSA) is 29.3 Å². The largest absolute Gasteiger partial charge is 0.398 e. The van der Waals surface area contributed by atoms with Crippen LogP contribution in [0.15, 0.2) is 18.2 Å². The third kappa shape index (κ3) is 2.67. The summed E-state index contributed by atoms with van der Waals surface area (Å²) >= 11 is 2.13. The molecule has 98 valence electrons. The first kappa shape index (κ1) is 12.4. The van der Waals surface area contributed by atoms with Gasteiger partial charge in [-0.3, -0.25) is 4.90 Å². The van der Waals surface area contributed by atoms with Crippen LogP contribution < -0.4 is 5.73 Å². The van der Waals surface area contributed by atoms with Gasteiger partial charge in [-0.15, -0.1) is 0 Å². The summed E-state index contributed by atoms with van der Waals surface area (Å²) in [6.45, 7) is 3.53. The van der Waals surface area contributed by atoms with E-state index in [1.807, 2.05) is 6.07 Å². The maximum Gasteiger partial charge on any atom is 0.0362 e. The van der Waals surface area contributed by atoms with Crippen LogP contribution in [-0.4, -0.2) is 29.5 Å². The summed E-state index contributed by atoms with van der Waals surface area (Å²) < 4.78 is 0. The summed E-state index contributed by atoms with van der Waals surface area (Å²) in [6.07, 6.45) is 3.99. The van der Waals surface area contributed by atoms with Crippen LogP contribution in [0.4, 0.5) is 5.69 Å². The van der Waals surface area contributed by atoms with Crippen LogP contribution in [0, 0.1) is 5.92 Å². The Labute approximate surface area is 114 Å². The van der Waals surface area contributed by atoms with Crippen LogP contribution in [0.25, 0.3) is 0 Å². The van der Waals surface area contributed by atoms with Crippen LogP contribution in [-0.2, 0) is 13.0 Å². The lowest BCUT2D eigenvalue weighted by Gasteiger charge is -2.33. The fourth-order valence-electron chi connectivity index (χ4n) is 3.14. The van der Waals surface area contributed by atoms with Gasteiger partial charge in [-0.25, -0.2) is 0 Å². The van der Waals surface area contributed by atoms with Gasteiger partial charge < -0.3 is 5.73 Å². The molecular weight excluding hydrogens is 240 g/mol. The van der Waals surface area contributed by atoms with E-state index in [1.54, 1.807) is 0 Å². The summed E-state index contributed by atoms with van der Waals surface area (Å²) in [6, 6.07) is 6.36. The quantitative estimate of drug-likeness (QED) is 0.831.